The van der Waals surface area contributed by atoms with Gasteiger partial charge in [0.15, 0.2) is 15.7 Å². The van der Waals surface area contributed by atoms with Crippen molar-refractivity contribution in [2.24, 2.45) is 0 Å². The van der Waals surface area contributed by atoms with Crippen molar-refractivity contribution in [3.8, 4) is 5.88 Å². The first-order valence-corrected chi connectivity index (χ1v) is 11.6. The van der Waals surface area contributed by atoms with E-state index >= 15 is 0 Å². The van der Waals surface area contributed by atoms with Gasteiger partial charge in [0.1, 0.15) is 11.4 Å². The summed E-state index contributed by atoms with van der Waals surface area (Å²) in [5.74, 6) is -1.39. The van der Waals surface area contributed by atoms with Gasteiger partial charge in [0.25, 0.3) is 15.7 Å². The fourth-order valence-corrected chi connectivity index (χ4v) is 3.93. The quantitative estimate of drug-likeness (QED) is 0.373. The number of hydrogen-bond donors (Lipinski definition) is 4. The molecule has 0 atom stereocenters. The molecule has 0 aliphatic heterocycles. The molecule has 12 heteroatoms. The first-order chi connectivity index (χ1) is 12.8. The van der Waals surface area contributed by atoms with Crippen LogP contribution in [0, 0.1) is 6.92 Å². The fourth-order valence-electron chi connectivity index (χ4n) is 2.59. The highest BCUT2D eigenvalue weighted by Gasteiger charge is 2.22. The Balaban J connectivity index is 2.42. The van der Waals surface area contributed by atoms with Crippen LogP contribution in [-0.2, 0) is 32.3 Å². The molecule has 1 aromatic carbocycles. The summed E-state index contributed by atoms with van der Waals surface area (Å²) in [7, 11) is -7.79. The number of hydrazine groups is 1. The molecule has 0 bridgehead atoms. The van der Waals surface area contributed by atoms with Crippen LogP contribution in [0.3, 0.4) is 0 Å². The number of pyridine rings is 1. The first kappa shape index (κ1) is 21.7. The predicted molar refractivity (Wildman–Crippen MR) is 105 cm³/mol. The largest absolute Gasteiger partial charge is 0.494 e. The van der Waals surface area contributed by atoms with Gasteiger partial charge in [0, 0.05) is 18.4 Å². The number of aromatic hydroxyl groups is 1. The number of nitrogens with zero attached hydrogens (tertiary/aromatic N) is 1. The van der Waals surface area contributed by atoms with Crippen molar-refractivity contribution < 1.29 is 26.5 Å². The van der Waals surface area contributed by atoms with Gasteiger partial charge in [0.2, 0.25) is 0 Å². The van der Waals surface area contributed by atoms with E-state index in [0.29, 0.717) is 5.69 Å². The van der Waals surface area contributed by atoms with Crippen LogP contribution in [0.2, 0.25) is 0 Å². The lowest BCUT2D eigenvalue weighted by Gasteiger charge is -2.18. The molecule has 0 saturated carbocycles. The van der Waals surface area contributed by atoms with E-state index in [9.17, 15) is 26.7 Å². The zero-order chi connectivity index (χ0) is 21.3. The molecule has 2 aromatic rings. The molecule has 10 nitrogen and oxygen atoms in total. The van der Waals surface area contributed by atoms with Crippen LogP contribution in [0.1, 0.15) is 18.1 Å². The Bertz CT molecular complexity index is 1150. The van der Waals surface area contributed by atoms with Crippen LogP contribution in [0.5, 0.6) is 5.88 Å². The maximum Gasteiger partial charge on any atom is 0.278 e. The summed E-state index contributed by atoms with van der Waals surface area (Å²) >= 11 is 0. The molecule has 0 fully saturated rings. The van der Waals surface area contributed by atoms with Gasteiger partial charge in [-0.15, -0.1) is 0 Å². The summed E-state index contributed by atoms with van der Waals surface area (Å²) in [5.41, 5.74) is 5.25. The predicted octanol–water partition coefficient (Wildman–Crippen LogP) is 1.11. The second-order valence-corrected chi connectivity index (χ2v) is 9.59. The number of sulfone groups is 1. The third-order valence-electron chi connectivity index (χ3n) is 4.07. The molecule has 28 heavy (non-hydrogen) atoms. The van der Waals surface area contributed by atoms with Crippen molar-refractivity contribution in [1.29, 1.82) is 0 Å². The zero-order valence-corrected chi connectivity index (χ0v) is 17.1. The summed E-state index contributed by atoms with van der Waals surface area (Å²) < 4.78 is 55.6. The van der Waals surface area contributed by atoms with Crippen molar-refractivity contribution >= 4 is 31.3 Å². The second-order valence-electron chi connectivity index (χ2n) is 6.12. The average molecular weight is 431 g/mol. The van der Waals surface area contributed by atoms with Crippen LogP contribution in [0.15, 0.2) is 34.0 Å². The Morgan fingerprint density at radius 1 is 1.07 bits per heavy atom. The topological polar surface area (TPSA) is 155 Å². The SMILES string of the molecule is CCn1c(O)c(CS(=O)(=O)O)c(C)c(NNc2ccc(S(C)(=O)=O)cc2)c1=O. The van der Waals surface area contributed by atoms with Crippen molar-refractivity contribution in [3.05, 3.63) is 45.7 Å². The van der Waals surface area contributed by atoms with Crippen LogP contribution in [-0.4, -0.2) is 37.3 Å². The third kappa shape index (κ3) is 4.82. The van der Waals surface area contributed by atoms with E-state index in [1.54, 1.807) is 6.92 Å². The van der Waals surface area contributed by atoms with Gasteiger partial charge in [-0.25, -0.2) is 8.42 Å². The number of hydrogen-bond acceptors (Lipinski definition) is 8. The number of aromatic nitrogens is 1. The van der Waals surface area contributed by atoms with Crippen molar-refractivity contribution in [2.45, 2.75) is 31.0 Å². The summed E-state index contributed by atoms with van der Waals surface area (Å²) in [6.07, 6.45) is 1.08. The van der Waals surface area contributed by atoms with E-state index in [-0.39, 0.29) is 28.3 Å². The maximum absolute atomic E-state index is 12.6. The van der Waals surface area contributed by atoms with E-state index in [0.717, 1.165) is 10.8 Å². The highest BCUT2D eigenvalue weighted by Crippen LogP contribution is 2.26. The van der Waals surface area contributed by atoms with E-state index in [1.165, 1.54) is 31.2 Å². The van der Waals surface area contributed by atoms with Crippen molar-refractivity contribution in [3.63, 3.8) is 0 Å². The monoisotopic (exact) mass is 431 g/mol. The van der Waals surface area contributed by atoms with Crippen LogP contribution >= 0.6 is 0 Å². The van der Waals surface area contributed by atoms with Crippen molar-refractivity contribution in [1.82, 2.24) is 4.57 Å². The van der Waals surface area contributed by atoms with Crippen LogP contribution in [0.25, 0.3) is 0 Å². The molecule has 1 heterocycles. The molecular weight excluding hydrogens is 410 g/mol. The van der Waals surface area contributed by atoms with Gasteiger partial charge in [0.05, 0.1) is 10.6 Å². The molecule has 0 amide bonds. The number of rotatable bonds is 7. The maximum atomic E-state index is 12.6. The smallest absolute Gasteiger partial charge is 0.278 e. The molecule has 154 valence electrons. The minimum atomic E-state index is -4.44. The van der Waals surface area contributed by atoms with Gasteiger partial charge in [-0.2, -0.15) is 8.42 Å². The Morgan fingerprint density at radius 3 is 2.11 bits per heavy atom. The normalized spacial score (nSPS) is 12.0. The fraction of sp³-hybridized carbons (Fsp3) is 0.312. The minimum Gasteiger partial charge on any atom is -0.494 e. The lowest BCUT2D eigenvalue weighted by molar-refractivity contribution is 0.404. The molecule has 0 aliphatic rings. The molecule has 1 aromatic heterocycles. The zero-order valence-electron chi connectivity index (χ0n) is 15.4. The Kier molecular flexibility index (Phi) is 6.06. The molecule has 0 spiro atoms. The molecule has 0 unspecified atom stereocenters. The second kappa shape index (κ2) is 7.81. The van der Waals surface area contributed by atoms with Crippen LogP contribution < -0.4 is 16.4 Å². The highest BCUT2D eigenvalue weighted by atomic mass is 32.2. The number of nitrogens with one attached hydrogen (secondary N) is 2. The molecule has 0 saturated heterocycles. The third-order valence-corrected chi connectivity index (χ3v) is 5.85. The molecule has 2 rings (SSSR count). The van der Waals surface area contributed by atoms with E-state index in [2.05, 4.69) is 10.9 Å². The number of benzene rings is 1. The average Bonchev–Trinajstić information content (AvgIpc) is 2.58. The van der Waals surface area contributed by atoms with Gasteiger partial charge >= 0.3 is 0 Å². The van der Waals surface area contributed by atoms with Gasteiger partial charge < -0.3 is 10.5 Å². The molecule has 0 aliphatic carbocycles. The lowest BCUT2D eigenvalue weighted by atomic mass is 10.1. The van der Waals surface area contributed by atoms with E-state index < -0.39 is 37.1 Å². The molecule has 4 N–H and O–H groups in total. The van der Waals surface area contributed by atoms with Crippen molar-refractivity contribution in [2.75, 3.05) is 17.1 Å². The van der Waals surface area contributed by atoms with Gasteiger partial charge in [-0.05, 0) is 43.7 Å². The Morgan fingerprint density at radius 2 is 1.64 bits per heavy atom. The van der Waals surface area contributed by atoms with E-state index in [1.807, 2.05) is 0 Å². The minimum absolute atomic E-state index is 0.0227. The Hall–Kier alpha value is -2.57. The molecular formula is C16H21N3O7S2. The number of anilines is 2. The summed E-state index contributed by atoms with van der Waals surface area (Å²) in [6.45, 7) is 3.09. The Labute approximate surface area is 162 Å². The summed E-state index contributed by atoms with van der Waals surface area (Å²) in [6, 6.07) is 5.74. The van der Waals surface area contributed by atoms with Crippen LogP contribution in [0.4, 0.5) is 11.4 Å². The summed E-state index contributed by atoms with van der Waals surface area (Å²) in [5, 5.41) is 10.2. The lowest BCUT2D eigenvalue weighted by Crippen LogP contribution is -2.28. The highest BCUT2D eigenvalue weighted by molar-refractivity contribution is 7.90. The first-order valence-electron chi connectivity index (χ1n) is 8.07. The van der Waals surface area contributed by atoms with Gasteiger partial charge in [-0.1, -0.05) is 0 Å². The molecule has 0 radical (unpaired) electrons. The summed E-state index contributed by atoms with van der Waals surface area (Å²) in [4.78, 5) is 12.7. The standard InChI is InChI=1S/C16H21N3O7S2/c1-4-19-15(20)13(9-28(24,25)26)10(2)14(16(19)21)18-17-11-5-7-12(8-6-11)27(3,22)23/h5-8,17-18,20H,4,9H2,1-3H3,(H,24,25,26). The van der Waals surface area contributed by atoms with Gasteiger partial charge in [-0.3, -0.25) is 19.3 Å². The van der Waals surface area contributed by atoms with E-state index in [4.69, 9.17) is 4.55 Å².